The molecule has 15 heavy (non-hydrogen) atoms. The molecule has 0 aliphatic heterocycles. The van der Waals surface area contributed by atoms with Gasteiger partial charge in [0.15, 0.2) is 0 Å². The van der Waals surface area contributed by atoms with Crippen LogP contribution in [-0.2, 0) is 4.79 Å². The van der Waals surface area contributed by atoms with Crippen molar-refractivity contribution in [3.05, 3.63) is 0 Å². The van der Waals surface area contributed by atoms with E-state index in [1.165, 1.54) is 0 Å². The van der Waals surface area contributed by atoms with Crippen molar-refractivity contribution in [2.45, 2.75) is 46.6 Å². The van der Waals surface area contributed by atoms with Gasteiger partial charge in [-0.05, 0) is 36.5 Å². The molecular formula is C11H23ClN2O. The van der Waals surface area contributed by atoms with E-state index in [-0.39, 0.29) is 11.9 Å². The second kappa shape index (κ2) is 7.94. The molecule has 0 saturated carbocycles. The van der Waals surface area contributed by atoms with Gasteiger partial charge in [0.2, 0.25) is 5.91 Å². The normalized spacial score (nSPS) is 13.3. The van der Waals surface area contributed by atoms with Crippen molar-refractivity contribution in [1.29, 1.82) is 0 Å². The summed E-state index contributed by atoms with van der Waals surface area (Å²) in [5, 5.41) is 2.88. The van der Waals surface area contributed by atoms with Crippen molar-refractivity contribution in [2.75, 3.05) is 6.54 Å². The largest absolute Gasteiger partial charge is 0.355 e. The van der Waals surface area contributed by atoms with Crippen LogP contribution in [0.25, 0.3) is 0 Å². The Hall–Kier alpha value is -0.280. The lowest BCUT2D eigenvalue weighted by molar-refractivity contribution is -0.123. The van der Waals surface area contributed by atoms with Crippen LogP contribution in [0.3, 0.4) is 0 Å². The highest BCUT2D eigenvalue weighted by Crippen LogP contribution is 2.05. The first kappa shape index (κ1) is 14.7. The van der Waals surface area contributed by atoms with E-state index in [0.717, 1.165) is 19.4 Å². The Labute approximate surface area is 98.1 Å². The second-order valence-corrected chi connectivity index (χ2v) is 4.98. The molecule has 1 amide bonds. The van der Waals surface area contributed by atoms with Crippen LogP contribution in [-0.4, -0.2) is 18.5 Å². The first-order valence-electron chi connectivity index (χ1n) is 5.61. The predicted molar refractivity (Wildman–Crippen MR) is 64.7 cm³/mol. The van der Waals surface area contributed by atoms with E-state index < -0.39 is 0 Å². The van der Waals surface area contributed by atoms with Gasteiger partial charge in [0.1, 0.15) is 6.04 Å². The van der Waals surface area contributed by atoms with Crippen LogP contribution in [0, 0.1) is 11.8 Å². The van der Waals surface area contributed by atoms with Crippen molar-refractivity contribution in [3.63, 3.8) is 0 Å². The van der Waals surface area contributed by atoms with Gasteiger partial charge in [-0.3, -0.25) is 4.79 Å². The molecule has 0 spiro atoms. The summed E-state index contributed by atoms with van der Waals surface area (Å²) in [5.41, 5.74) is 0. The van der Waals surface area contributed by atoms with Crippen LogP contribution in [0.15, 0.2) is 0 Å². The first-order chi connectivity index (χ1) is 6.97. The molecule has 3 nitrogen and oxygen atoms in total. The summed E-state index contributed by atoms with van der Waals surface area (Å²) < 4.78 is 0. The predicted octanol–water partition coefficient (Wildman–Crippen LogP) is 2.31. The third-order valence-electron chi connectivity index (χ3n) is 2.18. The molecule has 0 aliphatic rings. The quantitative estimate of drug-likeness (QED) is 0.664. The molecule has 0 fully saturated rings. The number of nitrogens with one attached hydrogen (secondary N) is 2. The summed E-state index contributed by atoms with van der Waals surface area (Å²) >= 11 is 5.54. The highest BCUT2D eigenvalue weighted by molar-refractivity contribution is 6.15. The fraction of sp³-hybridized carbons (Fsp3) is 0.909. The van der Waals surface area contributed by atoms with E-state index in [1.54, 1.807) is 0 Å². The van der Waals surface area contributed by atoms with Crippen LogP contribution in [0.2, 0.25) is 0 Å². The van der Waals surface area contributed by atoms with Crippen molar-refractivity contribution in [3.8, 4) is 0 Å². The molecule has 0 radical (unpaired) electrons. The van der Waals surface area contributed by atoms with Gasteiger partial charge in [0.25, 0.3) is 0 Å². The maximum atomic E-state index is 11.6. The molecule has 4 heteroatoms. The number of hydrogen-bond donors (Lipinski definition) is 2. The smallest absolute Gasteiger partial charge is 0.238 e. The first-order valence-corrected chi connectivity index (χ1v) is 5.99. The maximum Gasteiger partial charge on any atom is 0.238 e. The highest BCUT2D eigenvalue weighted by atomic mass is 35.5. The average molecular weight is 235 g/mol. The molecule has 0 bridgehead atoms. The molecule has 0 aromatic heterocycles. The van der Waals surface area contributed by atoms with Crippen LogP contribution >= 0.6 is 11.8 Å². The SMILES string of the molecule is CC(C)CCNC(=O)[C@H](CC(C)C)NCl. The Morgan fingerprint density at radius 1 is 1.20 bits per heavy atom. The number of halogens is 1. The Kier molecular flexibility index (Phi) is 7.79. The summed E-state index contributed by atoms with van der Waals surface area (Å²) in [7, 11) is 0. The Bertz CT molecular complexity index is 183. The zero-order valence-corrected chi connectivity index (χ0v) is 10.9. The summed E-state index contributed by atoms with van der Waals surface area (Å²) in [6.45, 7) is 9.14. The van der Waals surface area contributed by atoms with Crippen LogP contribution < -0.4 is 10.2 Å². The number of hydrogen-bond acceptors (Lipinski definition) is 2. The monoisotopic (exact) mass is 234 g/mol. The molecule has 0 aliphatic carbocycles. The molecule has 0 aromatic carbocycles. The Morgan fingerprint density at radius 2 is 1.80 bits per heavy atom. The zero-order chi connectivity index (χ0) is 11.8. The molecule has 0 rings (SSSR count). The van der Waals surface area contributed by atoms with E-state index in [0.29, 0.717) is 11.8 Å². The standard InChI is InChI=1S/C11H23ClN2O/c1-8(2)5-6-13-11(15)10(14-12)7-9(3)4/h8-10,14H,5-7H2,1-4H3,(H,13,15)/t10-/m0/s1. The molecule has 0 saturated heterocycles. The highest BCUT2D eigenvalue weighted by Gasteiger charge is 2.17. The number of carbonyl (C=O) groups is 1. The second-order valence-electron chi connectivity index (χ2n) is 4.76. The minimum Gasteiger partial charge on any atom is -0.355 e. The van der Waals surface area contributed by atoms with E-state index in [9.17, 15) is 4.79 Å². The van der Waals surface area contributed by atoms with Crippen molar-refractivity contribution < 1.29 is 4.79 Å². The molecule has 0 unspecified atom stereocenters. The lowest BCUT2D eigenvalue weighted by Gasteiger charge is -2.17. The summed E-state index contributed by atoms with van der Waals surface area (Å²) in [5.74, 6) is 1.06. The topological polar surface area (TPSA) is 41.1 Å². The van der Waals surface area contributed by atoms with Crippen LogP contribution in [0.5, 0.6) is 0 Å². The molecule has 90 valence electrons. The Morgan fingerprint density at radius 3 is 2.20 bits per heavy atom. The fourth-order valence-corrected chi connectivity index (χ4v) is 1.47. The minimum atomic E-state index is -0.279. The van der Waals surface area contributed by atoms with Gasteiger partial charge in [0, 0.05) is 6.54 Å². The van der Waals surface area contributed by atoms with Gasteiger partial charge in [0.05, 0.1) is 0 Å². The maximum absolute atomic E-state index is 11.6. The summed E-state index contributed by atoms with van der Waals surface area (Å²) in [6, 6.07) is -0.279. The van der Waals surface area contributed by atoms with Gasteiger partial charge in [-0.15, -0.1) is 0 Å². The van der Waals surface area contributed by atoms with Crippen molar-refractivity contribution >= 4 is 17.7 Å². The van der Waals surface area contributed by atoms with Crippen molar-refractivity contribution in [1.82, 2.24) is 10.2 Å². The Balaban J connectivity index is 3.83. The molecule has 1 atom stereocenters. The number of rotatable bonds is 7. The average Bonchev–Trinajstić information content (AvgIpc) is 2.13. The third kappa shape index (κ3) is 7.63. The number of carbonyl (C=O) groups excluding carboxylic acids is 1. The zero-order valence-electron chi connectivity index (χ0n) is 10.1. The van der Waals surface area contributed by atoms with Crippen molar-refractivity contribution in [2.24, 2.45) is 11.8 Å². The van der Waals surface area contributed by atoms with Gasteiger partial charge < -0.3 is 5.32 Å². The fourth-order valence-electron chi connectivity index (χ4n) is 1.28. The lowest BCUT2D eigenvalue weighted by Crippen LogP contribution is -2.42. The van der Waals surface area contributed by atoms with E-state index >= 15 is 0 Å². The molecule has 0 heterocycles. The minimum absolute atomic E-state index is 0.000602. The van der Waals surface area contributed by atoms with Crippen LogP contribution in [0.1, 0.15) is 40.5 Å². The van der Waals surface area contributed by atoms with E-state index in [1.807, 2.05) is 0 Å². The van der Waals surface area contributed by atoms with Crippen LogP contribution in [0.4, 0.5) is 0 Å². The summed E-state index contributed by atoms with van der Waals surface area (Å²) in [4.78, 5) is 14.2. The van der Waals surface area contributed by atoms with Gasteiger partial charge >= 0.3 is 0 Å². The molecule has 0 aromatic rings. The third-order valence-corrected chi connectivity index (χ3v) is 2.44. The lowest BCUT2D eigenvalue weighted by atomic mass is 10.0. The van der Waals surface area contributed by atoms with E-state index in [4.69, 9.17) is 11.8 Å². The van der Waals surface area contributed by atoms with Gasteiger partial charge in [-0.25, -0.2) is 4.84 Å². The number of amides is 1. The molecule has 2 N–H and O–H groups in total. The van der Waals surface area contributed by atoms with Gasteiger partial charge in [-0.2, -0.15) is 0 Å². The van der Waals surface area contributed by atoms with Gasteiger partial charge in [-0.1, -0.05) is 27.7 Å². The van der Waals surface area contributed by atoms with E-state index in [2.05, 4.69) is 37.8 Å². The summed E-state index contributed by atoms with van der Waals surface area (Å²) in [6.07, 6.45) is 1.76. The molecular weight excluding hydrogens is 212 g/mol.